The van der Waals surface area contributed by atoms with E-state index in [4.69, 9.17) is 11.0 Å². The predicted octanol–water partition coefficient (Wildman–Crippen LogP) is 4.18. The number of nitrogens with two attached hydrogens (primary N) is 1. The van der Waals surface area contributed by atoms with E-state index in [2.05, 4.69) is 24.9 Å². The third-order valence-corrected chi connectivity index (χ3v) is 5.49. The summed E-state index contributed by atoms with van der Waals surface area (Å²) in [5.41, 5.74) is 6.06. The number of hydrogen-bond donors (Lipinski definition) is 5. The van der Waals surface area contributed by atoms with Gasteiger partial charge in [0.2, 0.25) is 5.91 Å². The fourth-order valence-electron chi connectivity index (χ4n) is 2.81. The first-order valence-electron chi connectivity index (χ1n) is 8.61. The van der Waals surface area contributed by atoms with Crippen molar-refractivity contribution in [3.8, 4) is 5.75 Å². The minimum atomic E-state index is -4.71. The van der Waals surface area contributed by atoms with Crippen LogP contribution in [-0.4, -0.2) is 29.2 Å². The number of azo groups is 1. The first-order chi connectivity index (χ1) is 15.1. The zero-order valence-corrected chi connectivity index (χ0v) is 17.8. The molecular weight excluding hydrogens is 464 g/mol. The Hall–Kier alpha value is -3.27. The number of anilines is 2. The van der Waals surface area contributed by atoms with Crippen molar-refractivity contribution in [3.05, 3.63) is 42.5 Å². The fourth-order valence-corrected chi connectivity index (χ4v) is 3.91. The second-order valence-corrected chi connectivity index (χ2v) is 8.47. The molecule has 3 rings (SSSR count). The van der Waals surface area contributed by atoms with Crippen molar-refractivity contribution in [3.63, 3.8) is 0 Å². The van der Waals surface area contributed by atoms with Gasteiger partial charge in [0.15, 0.2) is 0 Å². The maximum atomic E-state index is 11.8. The van der Waals surface area contributed by atoms with E-state index >= 15 is 0 Å². The van der Waals surface area contributed by atoms with Crippen LogP contribution >= 0.6 is 12.0 Å². The number of rotatable bonds is 7. The topological polar surface area (TPSA) is 193 Å². The number of nitrogens with one attached hydrogen (secondary N) is 1. The minimum absolute atomic E-state index is 0.0445. The number of hydrogen-bond acceptors (Lipinski definition) is 11. The second-order valence-electron chi connectivity index (χ2n) is 6.31. The first kappa shape index (κ1) is 23.4. The van der Waals surface area contributed by atoms with Gasteiger partial charge in [0.25, 0.3) is 10.1 Å². The molecule has 3 aromatic rings. The average Bonchev–Trinajstić information content (AvgIpc) is 2.71. The van der Waals surface area contributed by atoms with Gasteiger partial charge in [-0.05, 0) is 41.8 Å². The Morgan fingerprint density at radius 2 is 1.91 bits per heavy atom. The van der Waals surface area contributed by atoms with Crippen LogP contribution in [0.5, 0.6) is 5.75 Å². The lowest BCUT2D eigenvalue weighted by Gasteiger charge is -2.09. The van der Waals surface area contributed by atoms with Crippen LogP contribution in [0.25, 0.3) is 10.8 Å². The van der Waals surface area contributed by atoms with E-state index in [-0.39, 0.29) is 33.9 Å². The Kier molecular flexibility index (Phi) is 6.93. The molecular formula is C18H16N4O8S2. The molecule has 12 nitrogen and oxygen atoms in total. The van der Waals surface area contributed by atoms with Gasteiger partial charge in [-0.3, -0.25) is 9.35 Å². The first-order valence-corrected chi connectivity index (χ1v) is 10.8. The molecule has 0 spiro atoms. The third-order valence-electron chi connectivity index (χ3n) is 4.05. The molecule has 6 N–H and O–H groups in total. The maximum absolute atomic E-state index is 11.8. The second kappa shape index (κ2) is 9.47. The zero-order chi connectivity index (χ0) is 23.5. The molecule has 168 valence electrons. The molecule has 1 amide bonds. The van der Waals surface area contributed by atoms with Gasteiger partial charge >= 0.3 is 0 Å². The van der Waals surface area contributed by atoms with Crippen molar-refractivity contribution in [2.45, 2.75) is 16.7 Å². The molecule has 0 bridgehead atoms. The molecule has 0 aliphatic heterocycles. The molecule has 0 heterocycles. The smallest absolute Gasteiger partial charge is 0.296 e. The largest absolute Gasteiger partial charge is 0.507 e. The molecule has 0 atom stereocenters. The Morgan fingerprint density at radius 3 is 2.56 bits per heavy atom. The lowest BCUT2D eigenvalue weighted by Crippen LogP contribution is -2.07. The fraction of sp³-hybridized carbons (Fsp3) is 0.0556. The predicted molar refractivity (Wildman–Crippen MR) is 115 cm³/mol. The molecule has 3 aromatic carbocycles. The number of aromatic hydroxyl groups is 1. The summed E-state index contributed by atoms with van der Waals surface area (Å²) in [5.74, 6) is -0.683. The van der Waals surface area contributed by atoms with Crippen molar-refractivity contribution in [2.24, 2.45) is 10.2 Å². The molecule has 0 saturated carbocycles. The van der Waals surface area contributed by atoms with Gasteiger partial charge < -0.3 is 16.2 Å². The van der Waals surface area contributed by atoms with Crippen LogP contribution in [0.15, 0.2) is 62.5 Å². The molecule has 14 heteroatoms. The summed E-state index contributed by atoms with van der Waals surface area (Å²) in [4.78, 5) is 11.0. The van der Waals surface area contributed by atoms with Gasteiger partial charge in [-0.25, -0.2) is 5.26 Å². The number of phenols is 1. The summed E-state index contributed by atoms with van der Waals surface area (Å²) in [6.45, 7) is 1.24. The Balaban J connectivity index is 2.10. The highest BCUT2D eigenvalue weighted by atomic mass is 32.2. The normalized spacial score (nSPS) is 11.8. The summed E-state index contributed by atoms with van der Waals surface area (Å²) in [6.07, 6.45) is 0. The molecule has 0 aliphatic carbocycles. The van der Waals surface area contributed by atoms with Gasteiger partial charge in [0.05, 0.1) is 23.1 Å². The molecule has 0 unspecified atom stereocenters. The van der Waals surface area contributed by atoms with Crippen LogP contribution in [-0.2, 0) is 24.3 Å². The van der Waals surface area contributed by atoms with Crippen LogP contribution < -0.4 is 11.1 Å². The van der Waals surface area contributed by atoms with Crippen molar-refractivity contribution in [1.82, 2.24) is 0 Å². The lowest BCUT2D eigenvalue weighted by atomic mass is 10.1. The maximum Gasteiger partial charge on any atom is 0.296 e. The monoisotopic (exact) mass is 480 g/mol. The van der Waals surface area contributed by atoms with Crippen molar-refractivity contribution < 1.29 is 37.5 Å². The highest BCUT2D eigenvalue weighted by molar-refractivity contribution is 7.94. The third kappa shape index (κ3) is 5.31. The van der Waals surface area contributed by atoms with E-state index in [1.807, 2.05) is 0 Å². The standard InChI is InChI=1S/C18H16N4O8S2/c1-9(23)20-11-3-5-14(16(7-11)32(26,27)28)21-22-18-13(19)4-2-10-6-12(31-30-29-25)8-15(24)17(10)18/h2-8,24-25H,19H2,1H3,(H,20,23)(H,26,27,28)/b22-21+. The number of benzene rings is 3. The molecule has 0 radical (unpaired) electrons. The number of amides is 1. The van der Waals surface area contributed by atoms with Crippen LogP contribution in [0.2, 0.25) is 0 Å². The van der Waals surface area contributed by atoms with Crippen molar-refractivity contribution in [2.75, 3.05) is 11.1 Å². The summed E-state index contributed by atoms with van der Waals surface area (Å²) < 4.78 is 37.5. The van der Waals surface area contributed by atoms with E-state index in [0.717, 1.165) is 6.07 Å². The SMILES string of the molecule is CC(=O)Nc1ccc(/N=N/c2c(N)ccc3cc(SOOO)cc(O)c23)c(S(=O)(=O)O)c1. The number of nitrogen functional groups attached to an aromatic ring is 1. The van der Waals surface area contributed by atoms with Gasteiger partial charge in [0, 0.05) is 17.5 Å². The van der Waals surface area contributed by atoms with Gasteiger partial charge in [-0.2, -0.15) is 8.42 Å². The van der Waals surface area contributed by atoms with E-state index in [9.17, 15) is 22.9 Å². The van der Waals surface area contributed by atoms with Crippen LogP contribution in [0, 0.1) is 0 Å². The Labute approximate surface area is 185 Å². The number of phenolic OH excluding ortho intramolecular Hbond substituents is 1. The molecule has 0 aliphatic rings. The van der Waals surface area contributed by atoms with Gasteiger partial charge in [-0.1, -0.05) is 11.1 Å². The van der Waals surface area contributed by atoms with Crippen molar-refractivity contribution >= 4 is 61.6 Å². The van der Waals surface area contributed by atoms with Crippen LogP contribution in [0.1, 0.15) is 6.92 Å². The average molecular weight is 480 g/mol. The van der Waals surface area contributed by atoms with Gasteiger partial charge in [-0.15, -0.1) is 14.6 Å². The Morgan fingerprint density at radius 1 is 1.16 bits per heavy atom. The quantitative estimate of drug-likeness (QED) is 0.0817. The summed E-state index contributed by atoms with van der Waals surface area (Å²) >= 11 is 0.638. The van der Waals surface area contributed by atoms with E-state index < -0.39 is 20.9 Å². The van der Waals surface area contributed by atoms with E-state index in [1.54, 1.807) is 12.1 Å². The lowest BCUT2D eigenvalue weighted by molar-refractivity contribution is -0.432. The summed E-state index contributed by atoms with van der Waals surface area (Å²) in [5, 5.41) is 33.2. The molecule has 0 aromatic heterocycles. The van der Waals surface area contributed by atoms with Crippen LogP contribution in [0.3, 0.4) is 0 Å². The summed E-state index contributed by atoms with van der Waals surface area (Å²) in [6, 6.07) is 9.62. The van der Waals surface area contributed by atoms with Crippen LogP contribution in [0.4, 0.5) is 22.7 Å². The minimum Gasteiger partial charge on any atom is -0.507 e. The molecule has 32 heavy (non-hydrogen) atoms. The highest BCUT2D eigenvalue weighted by Crippen LogP contribution is 2.41. The number of fused-ring (bicyclic) bond motifs is 1. The number of carbonyl (C=O) groups excluding carboxylic acids is 1. The van der Waals surface area contributed by atoms with Gasteiger partial charge in [0.1, 0.15) is 22.0 Å². The number of nitrogens with zero attached hydrogens (tertiary/aromatic N) is 2. The molecule has 0 fully saturated rings. The van der Waals surface area contributed by atoms with E-state index in [1.165, 1.54) is 31.2 Å². The molecule has 0 saturated heterocycles. The Bertz CT molecular complexity index is 1330. The zero-order valence-electron chi connectivity index (χ0n) is 16.2. The summed E-state index contributed by atoms with van der Waals surface area (Å²) in [7, 11) is -4.71. The van der Waals surface area contributed by atoms with Crippen molar-refractivity contribution in [1.29, 1.82) is 0 Å². The van der Waals surface area contributed by atoms with E-state index in [0.29, 0.717) is 22.3 Å². The highest BCUT2D eigenvalue weighted by Gasteiger charge is 2.18. The number of carbonyl (C=O) groups is 1.